The molecule has 0 aromatic carbocycles. The van der Waals surface area contributed by atoms with Crippen molar-refractivity contribution in [2.24, 2.45) is 0 Å². The van der Waals surface area contributed by atoms with Gasteiger partial charge in [-0.15, -0.1) is 0 Å². The Bertz CT molecular complexity index is 391. The molecule has 0 bridgehead atoms. The van der Waals surface area contributed by atoms with Gasteiger partial charge in [-0.25, -0.2) is 0 Å². The van der Waals surface area contributed by atoms with Crippen LogP contribution < -0.4 is 180 Å². The van der Waals surface area contributed by atoms with E-state index in [-0.39, 0.29) is 162 Å². The molecule has 0 amide bonds. The van der Waals surface area contributed by atoms with E-state index in [4.69, 9.17) is 46.4 Å². The number of carbonyl (C=O) groups is 1. The Hall–Kier alpha value is 4.30. The molecule has 0 atom stereocenters. The van der Waals surface area contributed by atoms with Crippen molar-refractivity contribution in [3.63, 3.8) is 0 Å². The third-order valence-electron chi connectivity index (χ3n) is 0. The standard InChI is InChI=1S/CH2O3.2K.2Mn.2Na.8O/c2-1(3)4;;;;;;;;;;;;;;/h(H2,2,3,4);;;;;;;;;;;;;;/q;2*+1;;;2*+1;;;;;;;2*-1/p-2. The second-order valence-corrected chi connectivity index (χ2v) is 3.37. The maximum absolute atomic E-state index is 8.58. The quantitative estimate of drug-likeness (QED) is 0.334. The summed E-state index contributed by atoms with van der Waals surface area (Å²) in [5.41, 5.74) is 0. The number of hydrogen-bond donors (Lipinski definition) is 0. The van der Waals surface area contributed by atoms with Gasteiger partial charge in [0.2, 0.25) is 0 Å². The van der Waals surface area contributed by atoms with Crippen LogP contribution in [0.1, 0.15) is 0 Å². The van der Waals surface area contributed by atoms with Gasteiger partial charge in [-0.3, -0.25) is 0 Å². The minimum atomic E-state index is -5.62. The number of hydrogen-bond acceptors (Lipinski definition) is 11. The van der Waals surface area contributed by atoms with Crippen LogP contribution in [0, 0.1) is 0 Å². The molecule has 0 rings (SSSR count). The molecule has 0 N–H and O–H groups in total. The molecule has 0 aliphatic carbocycles. The maximum atomic E-state index is 8.58. The molecule has 18 heavy (non-hydrogen) atoms. The van der Waals surface area contributed by atoms with E-state index in [0.717, 1.165) is 0 Å². The molecule has 0 unspecified atom stereocenters. The Morgan fingerprint density at radius 1 is 0.667 bits per heavy atom. The van der Waals surface area contributed by atoms with Crippen molar-refractivity contribution in [1.29, 1.82) is 0 Å². The summed E-state index contributed by atoms with van der Waals surface area (Å²) in [6.45, 7) is 0. The van der Waals surface area contributed by atoms with Crippen molar-refractivity contribution in [2.75, 3.05) is 0 Å². The summed E-state index contributed by atoms with van der Waals surface area (Å²) in [5.74, 6) is 0. The molecular formula is CK2Mn2Na2O11. The molecule has 88 valence electrons. The monoisotopic (exact) mass is 422 g/mol. The van der Waals surface area contributed by atoms with Gasteiger partial charge in [0.1, 0.15) is 0 Å². The minimum absolute atomic E-state index is 0. The Labute approximate surface area is 234 Å². The van der Waals surface area contributed by atoms with Gasteiger partial charge in [0.25, 0.3) is 0 Å². The average Bonchev–Trinajstić information content (AvgIpc) is 1.45. The van der Waals surface area contributed by atoms with Gasteiger partial charge >= 0.3 is 219 Å². The first kappa shape index (κ1) is 43.2. The Morgan fingerprint density at radius 3 is 0.667 bits per heavy atom. The Morgan fingerprint density at radius 2 is 0.667 bits per heavy atom. The van der Waals surface area contributed by atoms with Crippen LogP contribution in [0.15, 0.2) is 0 Å². The normalized spacial score (nSPS) is 7.67. The topological polar surface area (TPSA) is 212 Å². The molecule has 0 saturated heterocycles. The molecule has 0 aromatic rings. The van der Waals surface area contributed by atoms with Crippen LogP contribution in [0.3, 0.4) is 0 Å². The van der Waals surface area contributed by atoms with Crippen LogP contribution >= 0.6 is 0 Å². The summed E-state index contributed by atoms with van der Waals surface area (Å²) >= 11 is -11.2. The third kappa shape index (κ3) is 409. The fourth-order valence-corrected chi connectivity index (χ4v) is 0. The van der Waals surface area contributed by atoms with Crippen molar-refractivity contribution in [2.45, 2.75) is 0 Å². The molecule has 0 aliphatic rings. The Kier molecular flexibility index (Phi) is 56.6. The summed E-state index contributed by atoms with van der Waals surface area (Å²) in [4.78, 5) is 8.33. The van der Waals surface area contributed by atoms with E-state index in [1.807, 2.05) is 0 Å². The van der Waals surface area contributed by atoms with E-state index in [0.29, 0.717) is 0 Å². The van der Waals surface area contributed by atoms with Crippen molar-refractivity contribution in [1.82, 2.24) is 0 Å². The summed E-state index contributed by atoms with van der Waals surface area (Å²) in [6, 6.07) is 0. The van der Waals surface area contributed by atoms with E-state index < -0.39 is 32.1 Å². The SMILES string of the molecule is O=C([O-])[O-].[K+].[K+].[Na+].[Na+].[O]=[Mn](=[O])(=[O])[O-].[O]=[Mn](=[O])(=[O])[O-]. The van der Waals surface area contributed by atoms with Crippen LogP contribution in [0.4, 0.5) is 4.79 Å². The molecule has 11 nitrogen and oxygen atoms in total. The number of carboxylic acid groups (broad SMARTS) is 2. The predicted octanol–water partition coefficient (Wildman–Crippen LogP) is -17.5. The van der Waals surface area contributed by atoms with Gasteiger partial charge in [-0.1, -0.05) is 0 Å². The van der Waals surface area contributed by atoms with E-state index in [9.17, 15) is 0 Å². The first-order valence-corrected chi connectivity index (χ1v) is 5.70. The van der Waals surface area contributed by atoms with Gasteiger partial charge in [0.15, 0.2) is 0 Å². The van der Waals surface area contributed by atoms with E-state index in [1.54, 1.807) is 0 Å². The molecule has 0 heterocycles. The predicted molar refractivity (Wildman–Crippen MR) is 9.52 cm³/mol. The van der Waals surface area contributed by atoms with Crippen LogP contribution in [-0.4, -0.2) is 6.16 Å². The Balaban J connectivity index is -0.0000000183. The van der Waals surface area contributed by atoms with E-state index in [2.05, 4.69) is 0 Å². The molecule has 0 fully saturated rings. The van der Waals surface area contributed by atoms with Crippen molar-refractivity contribution in [3.05, 3.63) is 0 Å². The number of rotatable bonds is 0. The zero-order valence-electron chi connectivity index (χ0n) is 9.75. The molecule has 0 aliphatic heterocycles. The zero-order valence-corrected chi connectivity index (χ0v) is 22.4. The molecular weight excluding hydrogens is 422 g/mol. The van der Waals surface area contributed by atoms with Gasteiger partial charge in [0, 0.05) is 0 Å². The van der Waals surface area contributed by atoms with Gasteiger partial charge < -0.3 is 15.0 Å². The number of carbonyl (C=O) groups excluding carboxylic acids is 1. The van der Waals surface area contributed by atoms with Crippen LogP contribution in [0.5, 0.6) is 0 Å². The summed E-state index contributed by atoms with van der Waals surface area (Å²) < 4.78 is 68.6. The van der Waals surface area contributed by atoms with Crippen LogP contribution in [0.2, 0.25) is 0 Å². The summed E-state index contributed by atoms with van der Waals surface area (Å²) in [7, 11) is 0. The first-order chi connectivity index (χ1) is 5.73. The van der Waals surface area contributed by atoms with Crippen molar-refractivity contribution >= 4 is 6.16 Å². The fraction of sp³-hybridized carbons (Fsp3) is 0. The second kappa shape index (κ2) is 23.6. The van der Waals surface area contributed by atoms with Crippen LogP contribution in [-0.2, 0) is 48.9 Å². The average molecular weight is 422 g/mol. The van der Waals surface area contributed by atoms with Gasteiger partial charge in [-0.2, -0.15) is 0 Å². The van der Waals surface area contributed by atoms with Gasteiger partial charge in [0.05, 0.1) is 0 Å². The third-order valence-corrected chi connectivity index (χ3v) is 0. The second-order valence-electron chi connectivity index (χ2n) is 1.01. The van der Waals surface area contributed by atoms with E-state index in [1.165, 1.54) is 0 Å². The molecule has 0 aromatic heterocycles. The molecule has 0 spiro atoms. The summed E-state index contributed by atoms with van der Waals surface area (Å²) in [5, 5.41) is 16.7. The molecule has 0 saturated carbocycles. The summed E-state index contributed by atoms with van der Waals surface area (Å²) in [6.07, 6.45) is -2.33. The fourth-order valence-electron chi connectivity index (χ4n) is 0. The van der Waals surface area contributed by atoms with Crippen molar-refractivity contribution < 1.29 is 234 Å². The first-order valence-electron chi connectivity index (χ1n) is 1.85. The van der Waals surface area contributed by atoms with Crippen molar-refractivity contribution in [3.8, 4) is 0 Å². The molecule has 17 heteroatoms. The van der Waals surface area contributed by atoms with Crippen LogP contribution in [0.25, 0.3) is 0 Å². The van der Waals surface area contributed by atoms with Gasteiger partial charge in [-0.05, 0) is 6.16 Å². The molecule has 0 radical (unpaired) electrons. The zero-order chi connectivity index (χ0) is 12.6. The van der Waals surface area contributed by atoms with E-state index >= 15 is 0 Å².